The van der Waals surface area contributed by atoms with Gasteiger partial charge in [-0.2, -0.15) is 4.98 Å². The topological polar surface area (TPSA) is 101 Å². The monoisotopic (exact) mass is 290 g/mol. The van der Waals surface area contributed by atoms with E-state index < -0.39 is 5.69 Å². The van der Waals surface area contributed by atoms with Crippen LogP contribution < -0.4 is 11.0 Å². The number of aromatic nitrogens is 3. The summed E-state index contributed by atoms with van der Waals surface area (Å²) in [6.45, 7) is 7.80. The molecule has 1 atom stereocenters. The van der Waals surface area contributed by atoms with Crippen LogP contribution >= 0.6 is 0 Å². The van der Waals surface area contributed by atoms with Crippen LogP contribution in [0.15, 0.2) is 15.4 Å². The summed E-state index contributed by atoms with van der Waals surface area (Å²) < 4.78 is 5.12. The average molecular weight is 290 g/mol. The second kappa shape index (κ2) is 5.90. The Labute approximate surface area is 121 Å². The Bertz CT molecular complexity index is 698. The highest BCUT2D eigenvalue weighted by Gasteiger charge is 2.18. The fourth-order valence-corrected chi connectivity index (χ4v) is 2.33. The normalized spacial score (nSPS) is 12.2. The van der Waals surface area contributed by atoms with Gasteiger partial charge in [-0.15, -0.1) is 0 Å². The first kappa shape index (κ1) is 15.0. The number of hydrogen-bond acceptors (Lipinski definition) is 5. The van der Waals surface area contributed by atoms with Gasteiger partial charge in [0.1, 0.15) is 11.5 Å². The third kappa shape index (κ3) is 3.36. The predicted octanol–water partition coefficient (Wildman–Crippen LogP) is 1.22. The molecule has 0 aliphatic rings. The van der Waals surface area contributed by atoms with E-state index in [9.17, 15) is 9.59 Å². The SMILES string of the molecule is Cc1cc(C(=O)NC[C@H](C)c2c(C)noc2C)nc(=O)[nH]1. The van der Waals surface area contributed by atoms with Crippen molar-refractivity contribution in [2.24, 2.45) is 0 Å². The van der Waals surface area contributed by atoms with E-state index in [-0.39, 0.29) is 17.5 Å². The maximum absolute atomic E-state index is 12.0. The van der Waals surface area contributed by atoms with Gasteiger partial charge in [0.2, 0.25) is 0 Å². The van der Waals surface area contributed by atoms with Crippen molar-refractivity contribution in [1.82, 2.24) is 20.4 Å². The van der Waals surface area contributed by atoms with Crippen molar-refractivity contribution in [2.75, 3.05) is 6.54 Å². The van der Waals surface area contributed by atoms with Crippen LogP contribution in [-0.2, 0) is 0 Å². The quantitative estimate of drug-likeness (QED) is 0.881. The lowest BCUT2D eigenvalue weighted by Crippen LogP contribution is -2.30. The average Bonchev–Trinajstić information content (AvgIpc) is 2.74. The van der Waals surface area contributed by atoms with Crippen LogP contribution in [0.1, 0.15) is 46.0 Å². The molecule has 21 heavy (non-hydrogen) atoms. The molecule has 0 saturated carbocycles. The van der Waals surface area contributed by atoms with Crippen LogP contribution in [-0.4, -0.2) is 27.6 Å². The number of hydrogen-bond donors (Lipinski definition) is 2. The van der Waals surface area contributed by atoms with Gasteiger partial charge in [0.05, 0.1) is 5.69 Å². The highest BCUT2D eigenvalue weighted by atomic mass is 16.5. The van der Waals surface area contributed by atoms with E-state index in [4.69, 9.17) is 4.52 Å². The Morgan fingerprint density at radius 3 is 2.71 bits per heavy atom. The first-order chi connectivity index (χ1) is 9.88. The molecule has 0 fully saturated rings. The van der Waals surface area contributed by atoms with Crippen molar-refractivity contribution in [3.8, 4) is 0 Å². The molecule has 112 valence electrons. The molecule has 2 aromatic rings. The molecule has 0 aromatic carbocycles. The first-order valence-corrected chi connectivity index (χ1v) is 6.67. The van der Waals surface area contributed by atoms with Gasteiger partial charge in [-0.05, 0) is 26.8 Å². The highest BCUT2D eigenvalue weighted by Crippen LogP contribution is 2.22. The van der Waals surface area contributed by atoms with Gasteiger partial charge >= 0.3 is 5.69 Å². The molecule has 2 heterocycles. The molecule has 2 rings (SSSR count). The summed E-state index contributed by atoms with van der Waals surface area (Å²) in [6, 6.07) is 1.54. The molecule has 0 bridgehead atoms. The summed E-state index contributed by atoms with van der Waals surface area (Å²) in [4.78, 5) is 29.4. The zero-order valence-electron chi connectivity index (χ0n) is 12.5. The molecule has 0 unspecified atom stereocenters. The van der Waals surface area contributed by atoms with Crippen molar-refractivity contribution < 1.29 is 9.32 Å². The standard InChI is InChI=1S/C14H18N4O3/c1-7(12-9(3)18-21-10(12)4)6-15-13(19)11-5-8(2)16-14(20)17-11/h5,7H,6H2,1-4H3,(H,15,19)(H,16,17,20)/t7-/m0/s1. The van der Waals surface area contributed by atoms with Crippen LogP contribution in [0.2, 0.25) is 0 Å². The molecule has 0 aliphatic carbocycles. The van der Waals surface area contributed by atoms with Crippen molar-refractivity contribution in [2.45, 2.75) is 33.6 Å². The molecule has 7 nitrogen and oxygen atoms in total. The lowest BCUT2D eigenvalue weighted by Gasteiger charge is -2.12. The summed E-state index contributed by atoms with van der Waals surface area (Å²) >= 11 is 0. The van der Waals surface area contributed by atoms with Crippen molar-refractivity contribution in [3.05, 3.63) is 45.0 Å². The Hall–Kier alpha value is -2.44. The van der Waals surface area contributed by atoms with Crippen LogP contribution in [0.25, 0.3) is 0 Å². The molecule has 0 aliphatic heterocycles. The smallest absolute Gasteiger partial charge is 0.345 e. The second-order valence-corrected chi connectivity index (χ2v) is 5.10. The molecule has 0 spiro atoms. The van der Waals surface area contributed by atoms with Gasteiger partial charge < -0.3 is 14.8 Å². The summed E-state index contributed by atoms with van der Waals surface area (Å²) in [7, 11) is 0. The number of aryl methyl sites for hydroxylation is 3. The molecular weight excluding hydrogens is 272 g/mol. The highest BCUT2D eigenvalue weighted by molar-refractivity contribution is 5.92. The Balaban J connectivity index is 2.06. The third-order valence-corrected chi connectivity index (χ3v) is 3.26. The molecule has 7 heteroatoms. The van der Waals surface area contributed by atoms with E-state index in [1.54, 1.807) is 6.92 Å². The van der Waals surface area contributed by atoms with Crippen molar-refractivity contribution in [1.29, 1.82) is 0 Å². The van der Waals surface area contributed by atoms with Crippen molar-refractivity contribution in [3.63, 3.8) is 0 Å². The van der Waals surface area contributed by atoms with Crippen molar-refractivity contribution >= 4 is 5.91 Å². The molecule has 2 aromatic heterocycles. The minimum atomic E-state index is -0.529. The number of amides is 1. The number of carbonyl (C=O) groups is 1. The van der Waals surface area contributed by atoms with Gasteiger partial charge in [-0.1, -0.05) is 12.1 Å². The van der Waals surface area contributed by atoms with E-state index in [0.29, 0.717) is 12.2 Å². The molecule has 0 radical (unpaired) electrons. The number of carbonyl (C=O) groups excluding carboxylic acids is 1. The first-order valence-electron chi connectivity index (χ1n) is 6.67. The zero-order valence-corrected chi connectivity index (χ0v) is 12.5. The predicted molar refractivity (Wildman–Crippen MR) is 76.3 cm³/mol. The largest absolute Gasteiger partial charge is 0.361 e. The summed E-state index contributed by atoms with van der Waals surface area (Å²) in [5.74, 6) is 0.436. The van der Waals surface area contributed by atoms with E-state index in [1.165, 1.54) is 6.07 Å². The minimum Gasteiger partial charge on any atom is -0.361 e. The summed E-state index contributed by atoms with van der Waals surface area (Å²) in [5, 5.41) is 6.67. The van der Waals surface area contributed by atoms with Crippen LogP contribution in [0, 0.1) is 20.8 Å². The molecular formula is C14H18N4O3. The fourth-order valence-electron chi connectivity index (χ4n) is 2.33. The van der Waals surface area contributed by atoms with E-state index in [0.717, 1.165) is 17.0 Å². The van der Waals surface area contributed by atoms with Crippen LogP contribution in [0.5, 0.6) is 0 Å². The van der Waals surface area contributed by atoms with Crippen LogP contribution in [0.4, 0.5) is 0 Å². The van der Waals surface area contributed by atoms with Gasteiger partial charge in [-0.3, -0.25) is 4.79 Å². The number of nitrogens with one attached hydrogen (secondary N) is 2. The lowest BCUT2D eigenvalue weighted by molar-refractivity contribution is 0.0946. The van der Waals surface area contributed by atoms with Gasteiger partial charge in [0.15, 0.2) is 0 Å². The number of rotatable bonds is 4. The number of aromatic amines is 1. The third-order valence-electron chi connectivity index (χ3n) is 3.26. The zero-order chi connectivity index (χ0) is 15.6. The number of nitrogens with zero attached hydrogens (tertiary/aromatic N) is 2. The van der Waals surface area contributed by atoms with E-state index >= 15 is 0 Å². The summed E-state index contributed by atoms with van der Waals surface area (Å²) in [5.41, 5.74) is 1.99. The Morgan fingerprint density at radius 2 is 2.14 bits per heavy atom. The number of H-pyrrole nitrogens is 1. The minimum absolute atomic E-state index is 0.0586. The Morgan fingerprint density at radius 1 is 1.43 bits per heavy atom. The maximum atomic E-state index is 12.0. The molecule has 0 saturated heterocycles. The van der Waals surface area contributed by atoms with Gasteiger partial charge in [-0.25, -0.2) is 4.79 Å². The lowest BCUT2D eigenvalue weighted by atomic mass is 9.99. The van der Waals surface area contributed by atoms with Crippen LogP contribution in [0.3, 0.4) is 0 Å². The maximum Gasteiger partial charge on any atom is 0.345 e. The molecule has 1 amide bonds. The van der Waals surface area contributed by atoms with E-state index in [2.05, 4.69) is 20.4 Å². The summed E-state index contributed by atoms with van der Waals surface area (Å²) in [6.07, 6.45) is 0. The Kier molecular flexibility index (Phi) is 4.21. The van der Waals surface area contributed by atoms with E-state index in [1.807, 2.05) is 20.8 Å². The molecule has 2 N–H and O–H groups in total. The van der Waals surface area contributed by atoms with Gasteiger partial charge in [0.25, 0.3) is 5.91 Å². The van der Waals surface area contributed by atoms with Gasteiger partial charge in [0, 0.05) is 23.7 Å². The fraction of sp³-hybridized carbons (Fsp3) is 0.429. The second-order valence-electron chi connectivity index (χ2n) is 5.10.